The monoisotopic (exact) mass is 590 g/mol. The van der Waals surface area contributed by atoms with E-state index in [-0.39, 0.29) is 51.5 Å². The number of oxime groups is 1. The van der Waals surface area contributed by atoms with Gasteiger partial charge in [-0.05, 0) is 43.3 Å². The summed E-state index contributed by atoms with van der Waals surface area (Å²) in [5.74, 6) is -4.54. The number of carbonyl (C=O) groups is 5. The zero-order chi connectivity index (χ0) is 28.6. The number of thioether (sulfide) groups is 1. The number of carboxylic acid groups (broad SMARTS) is 2. The van der Waals surface area contributed by atoms with Crippen molar-refractivity contribution in [2.24, 2.45) is 5.16 Å². The number of aliphatic carboxylic acids is 2. The summed E-state index contributed by atoms with van der Waals surface area (Å²) >= 11 is 2.27. The van der Waals surface area contributed by atoms with Crippen molar-refractivity contribution in [2.75, 3.05) is 18.0 Å². The van der Waals surface area contributed by atoms with Gasteiger partial charge in [0, 0.05) is 23.3 Å². The van der Waals surface area contributed by atoms with E-state index in [2.05, 4.69) is 20.8 Å². The number of rotatable bonds is 9. The Morgan fingerprint density at radius 2 is 2.00 bits per heavy atom. The second-order valence-corrected chi connectivity index (χ2v) is 11.5. The van der Waals surface area contributed by atoms with Crippen LogP contribution in [0.1, 0.15) is 44.2 Å². The molecule has 5 rings (SSSR count). The van der Waals surface area contributed by atoms with Crippen molar-refractivity contribution in [2.45, 2.75) is 56.0 Å². The molecule has 2 saturated heterocycles. The van der Waals surface area contributed by atoms with Gasteiger partial charge in [-0.15, -0.1) is 23.1 Å². The number of hydrogen-bond acceptors (Lipinski definition) is 11. The van der Waals surface area contributed by atoms with Crippen molar-refractivity contribution in [3.8, 4) is 0 Å². The summed E-state index contributed by atoms with van der Waals surface area (Å²) in [6, 6.07) is -1.08. The predicted octanol–water partition coefficient (Wildman–Crippen LogP) is 0.418. The molecule has 0 radical (unpaired) electrons. The number of hydrogen-bond donors (Lipinski definition) is 5. The molecule has 3 fully saturated rings. The first-order valence-electron chi connectivity index (χ1n) is 12.5. The molecule has 3 aliphatic heterocycles. The average molecular weight is 591 g/mol. The molecule has 3 amide bonds. The molecule has 1 aliphatic carbocycles. The van der Waals surface area contributed by atoms with Crippen LogP contribution in [-0.2, 0) is 28.8 Å². The lowest BCUT2D eigenvalue weighted by Gasteiger charge is -2.49. The Bertz CT molecular complexity index is 1380. The molecular weight excluding hydrogens is 564 g/mol. The maximum absolute atomic E-state index is 13.3. The standard InChI is InChI=1S/C24H26N6O8S2/c25-24-27-14(9-40-24)16(29-38-10-3-1-2-4-10)20(34)28-17-21(35)30-18(23(36)37)13(8-39-22(17)30)12(7-15(31)32)11-5-6-26-19(11)33/h9-10,17,22H,1-8H2,(H2,25,27)(H,26,33)(H,28,34)(H,31,32)(H,36,37)/t17-,22-/m1/s1. The Kier molecular flexibility index (Phi) is 7.80. The van der Waals surface area contributed by atoms with Gasteiger partial charge in [0.2, 0.25) is 5.91 Å². The minimum atomic E-state index is -1.44. The number of β-lactam (4-membered cyclic amide) rings is 1. The topological polar surface area (TPSA) is 214 Å². The summed E-state index contributed by atoms with van der Waals surface area (Å²) < 4.78 is 0. The Labute approximate surface area is 235 Å². The Balaban J connectivity index is 1.40. The quantitative estimate of drug-likeness (QED) is 0.115. The normalized spacial score (nSPS) is 24.4. The van der Waals surface area contributed by atoms with E-state index in [0.717, 1.165) is 53.7 Å². The number of nitrogens with zero attached hydrogens (tertiary/aromatic N) is 3. The Hall–Kier alpha value is -3.92. The van der Waals surface area contributed by atoms with Crippen LogP contribution in [-0.4, -0.2) is 85.3 Å². The van der Waals surface area contributed by atoms with Crippen LogP contribution in [0.4, 0.5) is 5.13 Å². The third-order valence-electron chi connectivity index (χ3n) is 7.02. The number of aromatic nitrogens is 1. The molecule has 4 aliphatic rings. The molecule has 0 unspecified atom stereocenters. The highest BCUT2D eigenvalue weighted by Gasteiger charge is 2.55. The summed E-state index contributed by atoms with van der Waals surface area (Å²) in [5, 5.41) is 29.8. The number of amides is 3. The zero-order valence-corrected chi connectivity index (χ0v) is 22.7. The van der Waals surface area contributed by atoms with E-state index in [1.807, 2.05) is 0 Å². The first-order valence-corrected chi connectivity index (χ1v) is 14.5. The van der Waals surface area contributed by atoms with Crippen LogP contribution < -0.4 is 16.4 Å². The molecule has 0 spiro atoms. The second kappa shape index (κ2) is 11.3. The van der Waals surface area contributed by atoms with Crippen LogP contribution in [0.3, 0.4) is 0 Å². The van der Waals surface area contributed by atoms with Crippen molar-refractivity contribution in [3.63, 3.8) is 0 Å². The van der Waals surface area contributed by atoms with Gasteiger partial charge in [0.15, 0.2) is 10.8 Å². The van der Waals surface area contributed by atoms with Crippen molar-refractivity contribution in [3.05, 3.63) is 33.5 Å². The van der Waals surface area contributed by atoms with E-state index in [9.17, 15) is 34.2 Å². The smallest absolute Gasteiger partial charge is 0.352 e. The number of nitrogens with two attached hydrogens (primary N) is 1. The van der Waals surface area contributed by atoms with Crippen molar-refractivity contribution < 1.29 is 39.0 Å². The Morgan fingerprint density at radius 3 is 2.60 bits per heavy atom. The lowest BCUT2D eigenvalue weighted by molar-refractivity contribution is -0.150. The van der Waals surface area contributed by atoms with Crippen molar-refractivity contribution >= 4 is 63.6 Å². The highest BCUT2D eigenvalue weighted by molar-refractivity contribution is 8.00. The highest BCUT2D eigenvalue weighted by atomic mass is 32.2. The Morgan fingerprint density at radius 1 is 1.25 bits per heavy atom. The third kappa shape index (κ3) is 5.28. The summed E-state index contributed by atoms with van der Waals surface area (Å²) in [7, 11) is 0. The minimum absolute atomic E-state index is 0.0240. The minimum Gasteiger partial charge on any atom is -0.481 e. The maximum atomic E-state index is 13.3. The van der Waals surface area contributed by atoms with Gasteiger partial charge in [-0.2, -0.15) is 0 Å². The van der Waals surface area contributed by atoms with E-state index in [4.69, 9.17) is 10.6 Å². The van der Waals surface area contributed by atoms with Crippen molar-refractivity contribution in [1.82, 2.24) is 20.5 Å². The van der Waals surface area contributed by atoms with E-state index in [0.29, 0.717) is 6.54 Å². The van der Waals surface area contributed by atoms with Gasteiger partial charge in [0.05, 0.1) is 6.42 Å². The molecule has 212 valence electrons. The van der Waals surface area contributed by atoms with Gasteiger partial charge in [0.1, 0.15) is 28.9 Å². The number of anilines is 1. The predicted molar refractivity (Wildman–Crippen MR) is 143 cm³/mol. The van der Waals surface area contributed by atoms with Gasteiger partial charge >= 0.3 is 11.9 Å². The van der Waals surface area contributed by atoms with Crippen LogP contribution in [0.5, 0.6) is 0 Å². The SMILES string of the molecule is Nc1nc(C(=NOC2CCCC2)C(=O)N[C@@H]2C(=O)N3C(C(=O)O)=C(C(CC(=O)O)=C4CCNC4=O)CS[C@H]23)cs1. The zero-order valence-electron chi connectivity index (χ0n) is 21.0. The number of carbonyl (C=O) groups excluding carboxylic acids is 3. The third-order valence-corrected chi connectivity index (χ3v) is 8.98. The van der Waals surface area contributed by atoms with Gasteiger partial charge < -0.3 is 31.4 Å². The molecule has 1 aromatic rings. The first kappa shape index (κ1) is 27.6. The number of nitrogen functional groups attached to an aromatic ring is 1. The molecule has 0 aromatic carbocycles. The lowest BCUT2D eigenvalue weighted by atomic mass is 9.92. The molecule has 0 bridgehead atoms. The first-order chi connectivity index (χ1) is 19.2. The highest BCUT2D eigenvalue weighted by Crippen LogP contribution is 2.43. The second-order valence-electron chi connectivity index (χ2n) is 9.55. The van der Waals surface area contributed by atoms with E-state index < -0.39 is 53.2 Å². The van der Waals surface area contributed by atoms with Gasteiger partial charge in [-0.25, -0.2) is 9.78 Å². The molecule has 4 heterocycles. The average Bonchev–Trinajstić information content (AvgIpc) is 3.68. The van der Waals surface area contributed by atoms with Gasteiger partial charge in [-0.1, -0.05) is 5.16 Å². The molecule has 2 atom stereocenters. The largest absolute Gasteiger partial charge is 0.481 e. The van der Waals surface area contributed by atoms with Crippen LogP contribution in [0.2, 0.25) is 0 Å². The number of carboxylic acids is 2. The van der Waals surface area contributed by atoms with Crippen LogP contribution >= 0.6 is 23.1 Å². The van der Waals surface area contributed by atoms with Gasteiger partial charge in [0.25, 0.3) is 11.8 Å². The molecular formula is C24H26N6O8S2. The molecule has 1 aromatic heterocycles. The van der Waals surface area contributed by atoms with E-state index >= 15 is 0 Å². The molecule has 6 N–H and O–H groups in total. The number of thiazole rings is 1. The molecule has 40 heavy (non-hydrogen) atoms. The van der Waals surface area contributed by atoms with E-state index in [1.54, 1.807) is 5.38 Å². The van der Waals surface area contributed by atoms with Crippen molar-refractivity contribution in [1.29, 1.82) is 0 Å². The molecule has 1 saturated carbocycles. The van der Waals surface area contributed by atoms with Crippen LogP contribution in [0, 0.1) is 0 Å². The van der Waals surface area contributed by atoms with Crippen LogP contribution in [0.25, 0.3) is 0 Å². The number of nitrogens with one attached hydrogen (secondary N) is 2. The van der Waals surface area contributed by atoms with Gasteiger partial charge in [-0.3, -0.25) is 24.1 Å². The van der Waals surface area contributed by atoms with E-state index in [1.165, 1.54) is 0 Å². The fourth-order valence-electron chi connectivity index (χ4n) is 5.14. The summed E-state index contributed by atoms with van der Waals surface area (Å²) in [5.41, 5.74) is 5.76. The maximum Gasteiger partial charge on any atom is 0.352 e. The summed E-state index contributed by atoms with van der Waals surface area (Å²) in [4.78, 5) is 73.5. The fourth-order valence-corrected chi connectivity index (χ4v) is 7.07. The summed E-state index contributed by atoms with van der Waals surface area (Å²) in [6.45, 7) is 0.304. The molecule has 14 nitrogen and oxygen atoms in total. The van der Waals surface area contributed by atoms with Crippen LogP contribution in [0.15, 0.2) is 33.0 Å². The lowest BCUT2D eigenvalue weighted by Crippen LogP contribution is -2.71. The molecule has 16 heteroatoms. The number of fused-ring (bicyclic) bond motifs is 1. The fraction of sp³-hybridized carbons (Fsp3) is 0.458. The summed E-state index contributed by atoms with van der Waals surface area (Å²) in [6.07, 6.45) is 3.14.